The minimum Gasteiger partial charge on any atom is -0.348 e. The highest BCUT2D eigenvalue weighted by Crippen LogP contribution is 2.29. The van der Waals surface area contributed by atoms with Gasteiger partial charge in [-0.1, -0.05) is 38.0 Å². The molecule has 1 saturated heterocycles. The number of rotatable bonds is 7. The largest absolute Gasteiger partial charge is 0.348 e. The fraction of sp³-hybridized carbons (Fsp3) is 0.565. The summed E-state index contributed by atoms with van der Waals surface area (Å²) in [6, 6.07) is 9.04. The molecule has 1 N–H and O–H groups in total. The van der Waals surface area contributed by atoms with E-state index >= 15 is 0 Å². The van der Waals surface area contributed by atoms with E-state index in [1.807, 2.05) is 0 Å². The van der Waals surface area contributed by atoms with Crippen molar-refractivity contribution in [2.45, 2.75) is 59.8 Å². The molecule has 2 rings (SSSR count). The number of hydrogen-bond donors (Lipinski definition) is 1. The summed E-state index contributed by atoms with van der Waals surface area (Å²) in [6.45, 7) is 11.3. The summed E-state index contributed by atoms with van der Waals surface area (Å²) < 4.78 is 0. The molecule has 1 aliphatic heterocycles. The van der Waals surface area contributed by atoms with Crippen LogP contribution in [0.4, 0.5) is 5.69 Å². The van der Waals surface area contributed by atoms with Gasteiger partial charge in [0.15, 0.2) is 0 Å². The Labute approximate surface area is 155 Å². The Bertz CT molecular complexity index is 589. The Morgan fingerprint density at radius 3 is 2.32 bits per heavy atom. The van der Waals surface area contributed by atoms with Crippen molar-refractivity contribution in [3.8, 4) is 0 Å². The Kier molecular flexibility index (Phi) is 7.77. The molecular formula is C23H36N2. The van der Waals surface area contributed by atoms with Crippen LogP contribution >= 0.6 is 0 Å². The zero-order valence-corrected chi connectivity index (χ0v) is 16.9. The topological polar surface area (TPSA) is 15.3 Å². The molecule has 0 radical (unpaired) electrons. The highest BCUT2D eigenvalue weighted by molar-refractivity contribution is 5.53. The number of anilines is 1. The van der Waals surface area contributed by atoms with E-state index in [1.54, 1.807) is 5.57 Å². The molecule has 2 nitrogen and oxygen atoms in total. The second-order valence-corrected chi connectivity index (χ2v) is 7.37. The van der Waals surface area contributed by atoms with Gasteiger partial charge in [-0.25, -0.2) is 0 Å². The zero-order chi connectivity index (χ0) is 18.2. The summed E-state index contributed by atoms with van der Waals surface area (Å²) in [6.07, 6.45) is 8.46. The maximum Gasteiger partial charge on any atom is 0.0405 e. The molecule has 138 valence electrons. The van der Waals surface area contributed by atoms with Gasteiger partial charge in [-0.2, -0.15) is 0 Å². The lowest BCUT2D eigenvalue weighted by Crippen LogP contribution is -2.29. The van der Waals surface area contributed by atoms with Crippen molar-refractivity contribution in [1.29, 1.82) is 0 Å². The van der Waals surface area contributed by atoms with E-state index in [0.717, 1.165) is 25.9 Å². The Hall–Kier alpha value is -1.54. The first-order valence-corrected chi connectivity index (χ1v) is 9.98. The van der Waals surface area contributed by atoms with Gasteiger partial charge in [0.25, 0.3) is 0 Å². The van der Waals surface area contributed by atoms with Crippen LogP contribution in [0.5, 0.6) is 0 Å². The van der Waals surface area contributed by atoms with Crippen LogP contribution in [0.25, 0.3) is 0 Å². The summed E-state index contributed by atoms with van der Waals surface area (Å²) in [5.74, 6) is 0.705. The van der Waals surface area contributed by atoms with Crippen molar-refractivity contribution in [2.24, 2.45) is 5.92 Å². The molecule has 25 heavy (non-hydrogen) atoms. The maximum absolute atomic E-state index is 3.49. The van der Waals surface area contributed by atoms with E-state index in [-0.39, 0.29) is 0 Å². The van der Waals surface area contributed by atoms with E-state index < -0.39 is 0 Å². The lowest BCUT2D eigenvalue weighted by Gasteiger charge is -2.27. The summed E-state index contributed by atoms with van der Waals surface area (Å²) in [5, 5.41) is 3.49. The third-order valence-corrected chi connectivity index (χ3v) is 5.56. The highest BCUT2D eigenvalue weighted by Gasteiger charge is 2.18. The van der Waals surface area contributed by atoms with Crippen LogP contribution in [0.3, 0.4) is 0 Å². The molecule has 0 aliphatic carbocycles. The normalized spacial score (nSPS) is 17.4. The van der Waals surface area contributed by atoms with Crippen molar-refractivity contribution in [1.82, 2.24) is 5.32 Å². The third-order valence-electron chi connectivity index (χ3n) is 5.56. The van der Waals surface area contributed by atoms with Crippen LogP contribution in [0.2, 0.25) is 0 Å². The second-order valence-electron chi connectivity index (χ2n) is 7.37. The van der Waals surface area contributed by atoms with Gasteiger partial charge in [-0.3, -0.25) is 0 Å². The predicted molar refractivity (Wildman–Crippen MR) is 111 cm³/mol. The molecule has 1 aromatic carbocycles. The van der Waals surface area contributed by atoms with Crippen LogP contribution in [-0.2, 0) is 6.42 Å². The molecule has 1 heterocycles. The average molecular weight is 341 g/mol. The van der Waals surface area contributed by atoms with E-state index in [0.29, 0.717) is 5.92 Å². The van der Waals surface area contributed by atoms with Crippen molar-refractivity contribution < 1.29 is 0 Å². The molecule has 0 unspecified atom stereocenters. The Balaban J connectivity index is 2.20. The minimum absolute atomic E-state index is 0.705. The molecule has 0 aromatic heterocycles. The first-order valence-electron chi connectivity index (χ1n) is 9.98. The van der Waals surface area contributed by atoms with Crippen molar-refractivity contribution in [3.63, 3.8) is 0 Å². The summed E-state index contributed by atoms with van der Waals surface area (Å²) in [5.41, 5.74) is 7.13. The van der Waals surface area contributed by atoms with E-state index in [9.17, 15) is 0 Å². The zero-order valence-electron chi connectivity index (χ0n) is 16.9. The van der Waals surface area contributed by atoms with Gasteiger partial charge in [0.2, 0.25) is 0 Å². The number of piperidine rings is 1. The monoisotopic (exact) mass is 340 g/mol. The van der Waals surface area contributed by atoms with Gasteiger partial charge in [-0.15, -0.1) is 0 Å². The SMILES string of the molecule is CCCc1ccc(N(C)/C(C)=C\C(=C(/C)CC)C2CCNCC2)cc1. The number of nitrogens with zero attached hydrogens (tertiary/aromatic N) is 1. The van der Waals surface area contributed by atoms with Crippen LogP contribution in [-0.4, -0.2) is 20.1 Å². The number of allylic oxidation sites excluding steroid dienone is 4. The van der Waals surface area contributed by atoms with Crippen molar-refractivity contribution >= 4 is 5.69 Å². The summed E-state index contributed by atoms with van der Waals surface area (Å²) in [7, 11) is 2.18. The number of nitrogens with one attached hydrogen (secondary N) is 1. The van der Waals surface area contributed by atoms with Gasteiger partial charge >= 0.3 is 0 Å². The molecule has 2 heteroatoms. The molecule has 0 bridgehead atoms. The standard InChI is InChI=1S/C23H36N2/c1-6-8-20-9-11-22(12-10-20)25(5)19(4)17-23(18(3)7-2)21-13-15-24-16-14-21/h9-12,17,21,24H,6-8,13-16H2,1-5H3/b19-17-,23-18-. The van der Waals surface area contributed by atoms with Gasteiger partial charge in [0.1, 0.15) is 0 Å². The molecule has 1 aromatic rings. The highest BCUT2D eigenvalue weighted by atomic mass is 15.1. The lowest BCUT2D eigenvalue weighted by molar-refractivity contribution is 0.422. The van der Waals surface area contributed by atoms with Gasteiger partial charge in [0, 0.05) is 18.4 Å². The smallest absolute Gasteiger partial charge is 0.0405 e. The first-order chi connectivity index (χ1) is 12.1. The average Bonchev–Trinajstić information content (AvgIpc) is 2.66. The molecule has 0 amide bonds. The van der Waals surface area contributed by atoms with Gasteiger partial charge < -0.3 is 10.2 Å². The van der Waals surface area contributed by atoms with E-state index in [2.05, 4.69) is 75.3 Å². The Morgan fingerprint density at radius 1 is 1.12 bits per heavy atom. The molecule has 0 atom stereocenters. The summed E-state index contributed by atoms with van der Waals surface area (Å²) in [4.78, 5) is 2.32. The first kappa shape index (κ1) is 19.8. The van der Waals surface area contributed by atoms with Crippen LogP contribution in [0.1, 0.15) is 58.9 Å². The van der Waals surface area contributed by atoms with Crippen LogP contribution in [0, 0.1) is 5.92 Å². The summed E-state index contributed by atoms with van der Waals surface area (Å²) >= 11 is 0. The van der Waals surface area contributed by atoms with Crippen LogP contribution < -0.4 is 10.2 Å². The Morgan fingerprint density at radius 2 is 1.76 bits per heavy atom. The molecule has 1 aliphatic rings. The van der Waals surface area contributed by atoms with Crippen molar-refractivity contribution in [2.75, 3.05) is 25.0 Å². The lowest BCUT2D eigenvalue weighted by atomic mass is 9.86. The molecule has 0 saturated carbocycles. The second kappa shape index (κ2) is 9.82. The number of aryl methyl sites for hydroxylation is 1. The van der Waals surface area contributed by atoms with E-state index in [1.165, 1.54) is 41.8 Å². The maximum atomic E-state index is 3.49. The van der Waals surface area contributed by atoms with Crippen LogP contribution in [0.15, 0.2) is 47.2 Å². The molecule has 1 fully saturated rings. The number of hydrogen-bond acceptors (Lipinski definition) is 2. The number of benzene rings is 1. The fourth-order valence-corrected chi connectivity index (χ4v) is 3.63. The van der Waals surface area contributed by atoms with E-state index in [4.69, 9.17) is 0 Å². The van der Waals surface area contributed by atoms with Gasteiger partial charge in [0.05, 0.1) is 0 Å². The minimum atomic E-state index is 0.705. The molecule has 0 spiro atoms. The molecular weight excluding hydrogens is 304 g/mol. The quantitative estimate of drug-likeness (QED) is 0.640. The third kappa shape index (κ3) is 5.47. The predicted octanol–water partition coefficient (Wildman–Crippen LogP) is 5.71. The van der Waals surface area contributed by atoms with Crippen molar-refractivity contribution in [3.05, 3.63) is 52.7 Å². The fourth-order valence-electron chi connectivity index (χ4n) is 3.63. The van der Waals surface area contributed by atoms with Gasteiger partial charge in [-0.05, 0) is 87.9 Å².